The number of carbonyl (C=O) groups excluding carboxylic acids is 1. The first-order valence-electron chi connectivity index (χ1n) is 9.34. The van der Waals surface area contributed by atoms with Crippen LogP contribution < -0.4 is 10.2 Å². The lowest BCUT2D eigenvalue weighted by Gasteiger charge is -2.31. The number of carboxylic acid groups (broad SMARTS) is 1. The summed E-state index contributed by atoms with van der Waals surface area (Å²) < 4.78 is 4.98. The number of ether oxygens (including phenoxy) is 1. The molecule has 1 aliphatic rings. The van der Waals surface area contributed by atoms with Gasteiger partial charge in [0.15, 0.2) is 0 Å². The Balaban J connectivity index is 1.70. The van der Waals surface area contributed by atoms with Crippen molar-refractivity contribution in [3.05, 3.63) is 41.6 Å². The molecule has 1 fully saturated rings. The molecule has 148 valence electrons. The number of anilines is 3. The minimum atomic E-state index is -0.730. The quantitative estimate of drug-likeness (QED) is 0.733. The summed E-state index contributed by atoms with van der Waals surface area (Å²) in [4.78, 5) is 33.9. The molecule has 0 bridgehead atoms. The summed E-state index contributed by atoms with van der Waals surface area (Å²) in [6, 6.07) is 8.82. The third-order valence-electron chi connectivity index (χ3n) is 4.66. The smallest absolute Gasteiger partial charge is 0.338 e. The number of hydrogen-bond acceptors (Lipinski definition) is 7. The van der Waals surface area contributed by atoms with Crippen LogP contribution in [0.3, 0.4) is 0 Å². The maximum atomic E-state index is 11.7. The number of carbonyl (C=O) groups is 2. The minimum Gasteiger partial charge on any atom is -0.481 e. The number of nitrogens with zero attached hydrogens (tertiary/aromatic N) is 3. The predicted octanol–water partition coefficient (Wildman–Crippen LogP) is 3.01. The molecule has 2 heterocycles. The molecule has 2 aromatic rings. The van der Waals surface area contributed by atoms with E-state index in [1.165, 1.54) is 0 Å². The Morgan fingerprint density at radius 3 is 2.50 bits per heavy atom. The van der Waals surface area contributed by atoms with Crippen molar-refractivity contribution < 1.29 is 19.4 Å². The number of aryl methyl sites for hydroxylation is 1. The molecule has 1 saturated heterocycles. The van der Waals surface area contributed by atoms with Gasteiger partial charge in [-0.1, -0.05) is 0 Å². The molecule has 0 aliphatic carbocycles. The van der Waals surface area contributed by atoms with Crippen molar-refractivity contribution in [1.82, 2.24) is 9.97 Å². The number of piperidine rings is 1. The number of aromatic nitrogens is 2. The molecule has 0 saturated carbocycles. The van der Waals surface area contributed by atoms with E-state index in [1.54, 1.807) is 31.2 Å². The molecule has 0 spiro atoms. The van der Waals surface area contributed by atoms with Gasteiger partial charge < -0.3 is 20.1 Å². The average molecular weight is 384 g/mol. The van der Waals surface area contributed by atoms with E-state index in [0.717, 1.165) is 17.2 Å². The lowest BCUT2D eigenvalue weighted by atomic mass is 9.97. The SMILES string of the molecule is CCOC(=O)c1ccc(Nc2nc(C)cc(N3CCC(C(=O)O)CC3)n2)cc1. The van der Waals surface area contributed by atoms with Crippen molar-refractivity contribution in [2.45, 2.75) is 26.7 Å². The van der Waals surface area contributed by atoms with Crippen LogP contribution in [0.15, 0.2) is 30.3 Å². The highest BCUT2D eigenvalue weighted by molar-refractivity contribution is 5.89. The Bertz CT molecular complexity index is 846. The van der Waals surface area contributed by atoms with Crippen molar-refractivity contribution in [2.75, 3.05) is 29.9 Å². The van der Waals surface area contributed by atoms with Gasteiger partial charge in [0.25, 0.3) is 0 Å². The Morgan fingerprint density at radius 2 is 1.89 bits per heavy atom. The monoisotopic (exact) mass is 384 g/mol. The summed E-state index contributed by atoms with van der Waals surface area (Å²) in [7, 11) is 0. The summed E-state index contributed by atoms with van der Waals surface area (Å²) in [5.74, 6) is -0.129. The van der Waals surface area contributed by atoms with E-state index in [1.807, 2.05) is 13.0 Å². The lowest BCUT2D eigenvalue weighted by molar-refractivity contribution is -0.142. The first-order chi connectivity index (χ1) is 13.5. The standard InChI is InChI=1S/C20H24N4O4/c1-3-28-19(27)15-4-6-16(7-5-15)22-20-21-13(2)12-17(23-20)24-10-8-14(9-11-24)18(25)26/h4-7,12,14H,3,8-11H2,1-2H3,(H,25,26)(H,21,22,23). The third kappa shape index (κ3) is 4.76. The van der Waals surface area contributed by atoms with Crippen LogP contribution in [0.2, 0.25) is 0 Å². The molecule has 1 aromatic carbocycles. The van der Waals surface area contributed by atoms with Crippen molar-refractivity contribution in [1.29, 1.82) is 0 Å². The largest absolute Gasteiger partial charge is 0.481 e. The minimum absolute atomic E-state index is 0.283. The molecular weight excluding hydrogens is 360 g/mol. The Kier molecular flexibility index (Phi) is 6.08. The fourth-order valence-electron chi connectivity index (χ4n) is 3.16. The summed E-state index contributed by atoms with van der Waals surface area (Å²) in [6.45, 7) is 5.31. The first kappa shape index (κ1) is 19.6. The van der Waals surface area contributed by atoms with Crippen LogP contribution in [0, 0.1) is 12.8 Å². The summed E-state index contributed by atoms with van der Waals surface area (Å²) in [5, 5.41) is 12.3. The van der Waals surface area contributed by atoms with Gasteiger partial charge in [-0.3, -0.25) is 4.79 Å². The Morgan fingerprint density at radius 1 is 1.21 bits per heavy atom. The van der Waals surface area contributed by atoms with E-state index in [9.17, 15) is 9.59 Å². The van der Waals surface area contributed by atoms with Crippen LogP contribution in [0.1, 0.15) is 35.8 Å². The van der Waals surface area contributed by atoms with Crippen LogP contribution in [-0.4, -0.2) is 46.7 Å². The van der Waals surface area contributed by atoms with E-state index in [4.69, 9.17) is 9.84 Å². The normalized spacial score (nSPS) is 14.6. The first-order valence-corrected chi connectivity index (χ1v) is 9.34. The number of benzene rings is 1. The van der Waals surface area contributed by atoms with Crippen molar-refractivity contribution >= 4 is 29.4 Å². The summed E-state index contributed by atoms with van der Waals surface area (Å²) >= 11 is 0. The second-order valence-electron chi connectivity index (χ2n) is 6.71. The molecule has 8 heteroatoms. The highest BCUT2D eigenvalue weighted by Crippen LogP contribution is 2.24. The molecule has 1 aliphatic heterocycles. The zero-order valence-corrected chi connectivity index (χ0v) is 16.0. The van der Waals surface area contributed by atoms with Crippen LogP contribution in [0.5, 0.6) is 0 Å². The Labute approximate surface area is 163 Å². The molecule has 0 atom stereocenters. The van der Waals surface area contributed by atoms with Gasteiger partial charge in [-0.2, -0.15) is 4.98 Å². The molecule has 8 nitrogen and oxygen atoms in total. The predicted molar refractivity (Wildman–Crippen MR) is 105 cm³/mol. The lowest BCUT2D eigenvalue weighted by Crippen LogP contribution is -2.36. The number of rotatable bonds is 6. The molecular formula is C20H24N4O4. The summed E-state index contributed by atoms with van der Waals surface area (Å²) in [5.41, 5.74) is 2.06. The fourth-order valence-corrected chi connectivity index (χ4v) is 3.16. The van der Waals surface area contributed by atoms with Gasteiger partial charge in [-0.25, -0.2) is 9.78 Å². The van der Waals surface area contributed by atoms with Crippen molar-refractivity contribution in [3.63, 3.8) is 0 Å². The fraction of sp³-hybridized carbons (Fsp3) is 0.400. The molecule has 0 amide bonds. The van der Waals surface area contributed by atoms with E-state index in [2.05, 4.69) is 20.2 Å². The molecule has 0 radical (unpaired) electrons. The third-order valence-corrected chi connectivity index (χ3v) is 4.66. The van der Waals surface area contributed by atoms with E-state index >= 15 is 0 Å². The van der Waals surface area contributed by atoms with Crippen molar-refractivity contribution in [2.24, 2.45) is 5.92 Å². The number of aliphatic carboxylic acids is 1. The van der Waals surface area contributed by atoms with Gasteiger partial charge >= 0.3 is 11.9 Å². The van der Waals surface area contributed by atoms with Gasteiger partial charge in [0.1, 0.15) is 5.82 Å². The Hall–Kier alpha value is -3.16. The highest BCUT2D eigenvalue weighted by atomic mass is 16.5. The van der Waals surface area contributed by atoms with Crippen molar-refractivity contribution in [3.8, 4) is 0 Å². The number of esters is 1. The van der Waals surface area contributed by atoms with E-state index in [-0.39, 0.29) is 11.9 Å². The zero-order chi connectivity index (χ0) is 20.1. The molecule has 3 rings (SSSR count). The second-order valence-corrected chi connectivity index (χ2v) is 6.71. The van der Waals surface area contributed by atoms with Crippen LogP contribution in [0.4, 0.5) is 17.5 Å². The maximum Gasteiger partial charge on any atom is 0.338 e. The number of hydrogen-bond donors (Lipinski definition) is 2. The molecule has 1 aromatic heterocycles. The van der Waals surface area contributed by atoms with Crippen LogP contribution in [0.25, 0.3) is 0 Å². The van der Waals surface area contributed by atoms with Crippen LogP contribution >= 0.6 is 0 Å². The van der Waals surface area contributed by atoms with Crippen LogP contribution in [-0.2, 0) is 9.53 Å². The number of nitrogens with one attached hydrogen (secondary N) is 1. The number of carboxylic acids is 1. The molecule has 2 N–H and O–H groups in total. The van der Waals surface area contributed by atoms with Gasteiger partial charge in [0.05, 0.1) is 18.1 Å². The van der Waals surface area contributed by atoms with Gasteiger partial charge in [-0.15, -0.1) is 0 Å². The van der Waals surface area contributed by atoms with Gasteiger partial charge in [-0.05, 0) is 51.0 Å². The average Bonchev–Trinajstić information content (AvgIpc) is 2.68. The highest BCUT2D eigenvalue weighted by Gasteiger charge is 2.25. The molecule has 0 unspecified atom stereocenters. The summed E-state index contributed by atoms with van der Waals surface area (Å²) in [6.07, 6.45) is 1.22. The van der Waals surface area contributed by atoms with E-state index < -0.39 is 5.97 Å². The zero-order valence-electron chi connectivity index (χ0n) is 16.0. The second kappa shape index (κ2) is 8.69. The van der Waals surface area contributed by atoms with Gasteiger partial charge in [0.2, 0.25) is 5.95 Å². The maximum absolute atomic E-state index is 11.7. The van der Waals surface area contributed by atoms with Gasteiger partial charge in [0, 0.05) is 30.5 Å². The molecule has 28 heavy (non-hydrogen) atoms. The van der Waals surface area contributed by atoms with E-state index in [0.29, 0.717) is 44.0 Å². The topological polar surface area (TPSA) is 105 Å².